The Hall–Kier alpha value is -1.79. The maximum atomic E-state index is 15.2. The summed E-state index contributed by atoms with van der Waals surface area (Å²) in [5, 5.41) is 0.294. The molecule has 174 valence electrons. The van der Waals surface area contributed by atoms with Gasteiger partial charge in [-0.15, -0.1) is 0 Å². The minimum absolute atomic E-state index is 0.00746. The van der Waals surface area contributed by atoms with Crippen LogP contribution in [-0.4, -0.2) is 46.9 Å². The Labute approximate surface area is 190 Å². The van der Waals surface area contributed by atoms with Crippen LogP contribution in [0.15, 0.2) is 41.3 Å². The van der Waals surface area contributed by atoms with Crippen LogP contribution in [-0.2, 0) is 24.8 Å². The Kier molecular flexibility index (Phi) is 6.00. The second-order valence-corrected chi connectivity index (χ2v) is 12.0. The molecular formula is C20H21ClF2N2O5S2. The minimum Gasteiger partial charge on any atom is -0.488 e. The van der Waals surface area contributed by atoms with Crippen molar-refractivity contribution in [1.29, 1.82) is 0 Å². The molecule has 0 aliphatic carbocycles. The topological polar surface area (TPSA) is 92.8 Å². The molecule has 2 heterocycles. The summed E-state index contributed by atoms with van der Waals surface area (Å²) in [7, 11) is -8.56. The number of ether oxygens (including phenoxy) is 1. The number of hydrogen-bond acceptors (Lipinski definition) is 5. The fraction of sp³-hybridized carbons (Fsp3) is 0.400. The minimum atomic E-state index is -4.44. The Morgan fingerprint density at radius 1 is 1.12 bits per heavy atom. The van der Waals surface area contributed by atoms with Gasteiger partial charge in [0, 0.05) is 18.1 Å². The maximum absolute atomic E-state index is 15.2. The van der Waals surface area contributed by atoms with Crippen molar-refractivity contribution in [3.8, 4) is 5.75 Å². The summed E-state index contributed by atoms with van der Waals surface area (Å²) < 4.78 is 90.6. The predicted octanol–water partition coefficient (Wildman–Crippen LogP) is 3.00. The first-order valence-corrected chi connectivity index (χ1v) is 13.2. The van der Waals surface area contributed by atoms with Gasteiger partial charge >= 0.3 is 0 Å². The number of halogens is 3. The van der Waals surface area contributed by atoms with Crippen LogP contribution in [0.5, 0.6) is 5.75 Å². The van der Waals surface area contributed by atoms with E-state index in [-0.39, 0.29) is 30.8 Å². The first-order chi connectivity index (χ1) is 15.1. The predicted molar refractivity (Wildman–Crippen MR) is 114 cm³/mol. The van der Waals surface area contributed by atoms with Gasteiger partial charge in [0.05, 0.1) is 16.5 Å². The van der Waals surface area contributed by atoms with Crippen LogP contribution in [0.4, 0.5) is 8.78 Å². The molecule has 1 saturated heterocycles. The lowest BCUT2D eigenvalue weighted by Gasteiger charge is -2.50. The Morgan fingerprint density at radius 3 is 2.44 bits per heavy atom. The van der Waals surface area contributed by atoms with Gasteiger partial charge in [-0.25, -0.2) is 21.9 Å². The summed E-state index contributed by atoms with van der Waals surface area (Å²) in [6.45, 7) is 1.21. The van der Waals surface area contributed by atoms with Crippen molar-refractivity contribution in [3.63, 3.8) is 0 Å². The number of benzene rings is 2. The normalized spacial score (nSPS) is 23.8. The molecule has 4 rings (SSSR count). The van der Waals surface area contributed by atoms with E-state index >= 15 is 4.39 Å². The highest BCUT2D eigenvalue weighted by atomic mass is 35.5. The van der Waals surface area contributed by atoms with E-state index < -0.39 is 60.4 Å². The van der Waals surface area contributed by atoms with E-state index in [0.29, 0.717) is 5.02 Å². The first-order valence-electron chi connectivity index (χ1n) is 9.94. The molecule has 2 atom stereocenters. The molecule has 1 fully saturated rings. The Morgan fingerprint density at radius 2 is 1.78 bits per heavy atom. The van der Waals surface area contributed by atoms with Crippen LogP contribution in [0.25, 0.3) is 0 Å². The molecule has 0 saturated carbocycles. The number of nitrogens with one attached hydrogen (secondary N) is 1. The fourth-order valence-electron chi connectivity index (χ4n) is 4.62. The third-order valence-electron chi connectivity index (χ3n) is 5.92. The molecule has 0 spiro atoms. The lowest BCUT2D eigenvalue weighted by Crippen LogP contribution is -2.65. The number of sulfone groups is 1. The van der Waals surface area contributed by atoms with Crippen molar-refractivity contribution < 1.29 is 30.4 Å². The van der Waals surface area contributed by atoms with Crippen LogP contribution in [0, 0.1) is 11.6 Å². The fourth-order valence-corrected chi connectivity index (χ4v) is 8.63. The molecule has 2 aliphatic rings. The van der Waals surface area contributed by atoms with E-state index in [1.165, 1.54) is 24.3 Å². The summed E-state index contributed by atoms with van der Waals surface area (Å²) in [5.74, 6) is -2.41. The number of rotatable bonds is 5. The summed E-state index contributed by atoms with van der Waals surface area (Å²) in [5.41, 5.74) is -0.486. The highest BCUT2D eigenvalue weighted by Crippen LogP contribution is 2.54. The molecule has 0 radical (unpaired) electrons. The van der Waals surface area contributed by atoms with Crippen molar-refractivity contribution >= 4 is 31.6 Å². The number of fused-ring (bicyclic) bond motifs is 3. The molecule has 2 aromatic carbocycles. The van der Waals surface area contributed by atoms with Gasteiger partial charge < -0.3 is 4.74 Å². The van der Waals surface area contributed by atoms with Crippen LogP contribution >= 0.6 is 11.6 Å². The summed E-state index contributed by atoms with van der Waals surface area (Å²) in [4.78, 5) is -0.175. The lowest BCUT2D eigenvalue weighted by atomic mass is 9.81. The summed E-state index contributed by atoms with van der Waals surface area (Å²) in [6.07, 6.45) is 0.000835. The van der Waals surface area contributed by atoms with E-state index in [9.17, 15) is 21.2 Å². The van der Waals surface area contributed by atoms with Gasteiger partial charge in [-0.3, -0.25) is 0 Å². The van der Waals surface area contributed by atoms with Crippen molar-refractivity contribution in [2.24, 2.45) is 0 Å². The second kappa shape index (κ2) is 8.21. The van der Waals surface area contributed by atoms with Crippen molar-refractivity contribution in [1.82, 2.24) is 9.03 Å². The lowest BCUT2D eigenvalue weighted by molar-refractivity contribution is 0.0975. The third-order valence-corrected chi connectivity index (χ3v) is 10.4. The zero-order valence-corrected chi connectivity index (χ0v) is 19.4. The number of hydrogen-bond donors (Lipinski definition) is 1. The SMILES string of the molecule is CCNS(=O)(=O)N1CCC[C@@]2(S(=O)(=O)c3ccc(Cl)cc3)c3c(F)ccc(F)c3OCC12. The highest BCUT2D eigenvalue weighted by Gasteiger charge is 2.62. The first kappa shape index (κ1) is 23.4. The summed E-state index contributed by atoms with van der Waals surface area (Å²) >= 11 is 5.91. The van der Waals surface area contributed by atoms with Crippen LogP contribution in [0.2, 0.25) is 5.02 Å². The molecule has 0 aromatic heterocycles. The van der Waals surface area contributed by atoms with Crippen LogP contribution < -0.4 is 9.46 Å². The number of piperidine rings is 1. The van der Waals surface area contributed by atoms with Crippen molar-refractivity contribution in [2.45, 2.75) is 35.4 Å². The number of nitrogens with zero attached hydrogens (tertiary/aromatic N) is 1. The second-order valence-electron chi connectivity index (χ2n) is 7.62. The van der Waals surface area contributed by atoms with E-state index in [1.54, 1.807) is 6.92 Å². The smallest absolute Gasteiger partial charge is 0.279 e. The van der Waals surface area contributed by atoms with Gasteiger partial charge in [0.15, 0.2) is 21.4 Å². The standard InChI is InChI=1S/C20H21ClF2N2O5S2/c1-2-24-32(28,29)25-11-3-10-20(31(26,27)14-6-4-13(21)5-7-14)17(25)12-30-19-16(23)9-8-15(22)18(19)20/h4-9,17,24H,2-3,10-12H2,1H3/t17?,20-/m0/s1. The highest BCUT2D eigenvalue weighted by molar-refractivity contribution is 7.92. The van der Waals surface area contributed by atoms with Crippen LogP contribution in [0.3, 0.4) is 0 Å². The zero-order valence-electron chi connectivity index (χ0n) is 17.0. The van der Waals surface area contributed by atoms with Crippen molar-refractivity contribution in [2.75, 3.05) is 19.7 Å². The van der Waals surface area contributed by atoms with Gasteiger partial charge in [-0.05, 0) is 49.2 Å². The molecular weight excluding hydrogens is 486 g/mol. The van der Waals surface area contributed by atoms with Gasteiger partial charge in [0.1, 0.15) is 17.2 Å². The van der Waals surface area contributed by atoms with Crippen molar-refractivity contribution in [3.05, 3.63) is 58.6 Å². The van der Waals surface area contributed by atoms with E-state index in [4.69, 9.17) is 16.3 Å². The average Bonchev–Trinajstić information content (AvgIpc) is 2.75. The Balaban J connectivity index is 2.04. The molecule has 0 amide bonds. The molecule has 2 aromatic rings. The summed E-state index contributed by atoms with van der Waals surface area (Å²) in [6, 6.07) is 5.66. The molecule has 12 heteroatoms. The average molecular weight is 507 g/mol. The molecule has 2 aliphatic heterocycles. The quantitative estimate of drug-likeness (QED) is 0.673. The van der Waals surface area contributed by atoms with E-state index in [2.05, 4.69) is 4.72 Å². The molecule has 1 unspecified atom stereocenters. The molecule has 7 nitrogen and oxygen atoms in total. The monoisotopic (exact) mass is 506 g/mol. The zero-order chi connectivity index (χ0) is 23.3. The maximum Gasteiger partial charge on any atom is 0.279 e. The van der Waals surface area contributed by atoms with Gasteiger partial charge in [0.2, 0.25) is 0 Å². The van der Waals surface area contributed by atoms with E-state index in [1.807, 2.05) is 0 Å². The molecule has 1 N–H and O–H groups in total. The third kappa shape index (κ3) is 3.41. The van der Waals surface area contributed by atoms with Gasteiger partial charge in [-0.1, -0.05) is 18.5 Å². The molecule has 0 bridgehead atoms. The Bertz CT molecular complexity index is 1260. The van der Waals surface area contributed by atoms with Gasteiger partial charge in [0.25, 0.3) is 10.2 Å². The molecule has 32 heavy (non-hydrogen) atoms. The largest absolute Gasteiger partial charge is 0.488 e. The van der Waals surface area contributed by atoms with E-state index in [0.717, 1.165) is 16.4 Å². The van der Waals surface area contributed by atoms with Crippen LogP contribution in [0.1, 0.15) is 25.3 Å². The van der Waals surface area contributed by atoms with Gasteiger partial charge in [-0.2, -0.15) is 12.7 Å².